The minimum atomic E-state index is -2.08. The van der Waals surface area contributed by atoms with Gasteiger partial charge in [-0.15, -0.1) is 0 Å². The standard InChI is InChI=1S/C30H30N2O8/c1-3-38-29(36)19(2)39-28-23(31-25(33)22-17-11-6-12-18-22)26(34)32(28)27(35)30(37)40-24(20-13-7-4-8-14-20)21-15-9-5-10-16-21/h4-19,23-24,27-28,35H,3H2,1-2H3,(H,31,33)/t19-,23+,27?,28-/m1/s1. The highest BCUT2D eigenvalue weighted by Gasteiger charge is 2.55. The first kappa shape index (κ1) is 28.5. The lowest BCUT2D eigenvalue weighted by Crippen LogP contribution is -2.75. The number of β-lactam (4-membered cyclic amide) rings is 1. The number of carbonyl (C=O) groups excluding carboxylic acids is 4. The molecule has 1 unspecified atom stereocenters. The van der Waals surface area contributed by atoms with Crippen LogP contribution < -0.4 is 5.32 Å². The fourth-order valence-corrected chi connectivity index (χ4v) is 4.24. The molecule has 0 bridgehead atoms. The number of esters is 2. The van der Waals surface area contributed by atoms with Gasteiger partial charge in [0.1, 0.15) is 0 Å². The van der Waals surface area contributed by atoms with Gasteiger partial charge in [-0.3, -0.25) is 14.5 Å². The Morgan fingerprint density at radius 3 is 1.93 bits per heavy atom. The normalized spacial score (nSPS) is 17.9. The maximum absolute atomic E-state index is 13.2. The molecule has 0 radical (unpaired) electrons. The maximum atomic E-state index is 13.2. The molecule has 1 aliphatic rings. The number of carbonyl (C=O) groups is 4. The van der Waals surface area contributed by atoms with Crippen molar-refractivity contribution in [2.75, 3.05) is 6.61 Å². The second-order valence-electron chi connectivity index (χ2n) is 9.00. The summed E-state index contributed by atoms with van der Waals surface area (Å²) >= 11 is 0. The predicted molar refractivity (Wildman–Crippen MR) is 142 cm³/mol. The van der Waals surface area contributed by atoms with Gasteiger partial charge in [0.05, 0.1) is 6.61 Å². The van der Waals surface area contributed by atoms with Gasteiger partial charge in [-0.1, -0.05) is 78.9 Å². The third-order valence-electron chi connectivity index (χ3n) is 6.28. The summed E-state index contributed by atoms with van der Waals surface area (Å²) in [6, 6.07) is 24.8. The lowest BCUT2D eigenvalue weighted by molar-refractivity contribution is -0.229. The average molecular weight is 547 g/mol. The summed E-state index contributed by atoms with van der Waals surface area (Å²) in [5.74, 6) is -3.18. The van der Waals surface area contributed by atoms with Crippen molar-refractivity contribution in [3.05, 3.63) is 108 Å². The molecule has 4 atom stereocenters. The van der Waals surface area contributed by atoms with E-state index in [4.69, 9.17) is 14.2 Å². The molecule has 2 amide bonds. The summed E-state index contributed by atoms with van der Waals surface area (Å²) in [7, 11) is 0. The Morgan fingerprint density at radius 1 is 0.875 bits per heavy atom. The molecule has 3 aromatic rings. The van der Waals surface area contributed by atoms with E-state index >= 15 is 0 Å². The number of hydrogen-bond donors (Lipinski definition) is 2. The van der Waals surface area contributed by atoms with E-state index in [9.17, 15) is 24.3 Å². The molecule has 0 spiro atoms. The van der Waals surface area contributed by atoms with Gasteiger partial charge in [-0.05, 0) is 37.1 Å². The molecule has 10 heteroatoms. The van der Waals surface area contributed by atoms with Crippen molar-refractivity contribution in [2.45, 2.75) is 44.6 Å². The van der Waals surface area contributed by atoms with Gasteiger partial charge in [0.15, 0.2) is 24.5 Å². The smallest absolute Gasteiger partial charge is 0.357 e. The first-order chi connectivity index (χ1) is 19.3. The van der Waals surface area contributed by atoms with Crippen molar-refractivity contribution in [1.29, 1.82) is 0 Å². The Bertz CT molecular complexity index is 1280. The molecular formula is C30H30N2O8. The molecule has 0 saturated carbocycles. The van der Waals surface area contributed by atoms with Crippen LogP contribution in [0.5, 0.6) is 0 Å². The van der Waals surface area contributed by atoms with Crippen molar-refractivity contribution in [3.63, 3.8) is 0 Å². The van der Waals surface area contributed by atoms with E-state index in [-0.39, 0.29) is 6.61 Å². The van der Waals surface area contributed by atoms with Crippen LogP contribution in [0, 0.1) is 0 Å². The molecule has 1 heterocycles. The van der Waals surface area contributed by atoms with Crippen LogP contribution in [0.25, 0.3) is 0 Å². The molecule has 0 aromatic heterocycles. The van der Waals surface area contributed by atoms with Crippen LogP contribution in [0.1, 0.15) is 41.4 Å². The van der Waals surface area contributed by atoms with Gasteiger partial charge < -0.3 is 24.6 Å². The van der Waals surface area contributed by atoms with E-state index in [1.165, 1.54) is 6.92 Å². The van der Waals surface area contributed by atoms with Crippen molar-refractivity contribution >= 4 is 23.8 Å². The van der Waals surface area contributed by atoms with Gasteiger partial charge in [-0.2, -0.15) is 0 Å². The summed E-state index contributed by atoms with van der Waals surface area (Å²) < 4.78 is 16.4. The zero-order valence-corrected chi connectivity index (χ0v) is 22.0. The SMILES string of the molecule is CCOC(=O)[C@@H](C)O[C@@H]1[C@@H](NC(=O)c2ccccc2)C(=O)N1C(O)C(=O)OC(c1ccccc1)c1ccccc1. The fraction of sp³-hybridized carbons (Fsp3) is 0.267. The largest absolute Gasteiger partial charge is 0.464 e. The number of aliphatic hydroxyl groups is 1. The molecule has 3 aromatic carbocycles. The number of benzene rings is 3. The van der Waals surface area contributed by atoms with Crippen molar-refractivity contribution in [3.8, 4) is 0 Å². The predicted octanol–water partition coefficient (Wildman–Crippen LogP) is 2.57. The minimum Gasteiger partial charge on any atom is -0.464 e. The number of aliphatic hydroxyl groups excluding tert-OH is 1. The minimum absolute atomic E-state index is 0.101. The van der Waals surface area contributed by atoms with Gasteiger partial charge >= 0.3 is 11.9 Å². The van der Waals surface area contributed by atoms with Crippen molar-refractivity contribution in [1.82, 2.24) is 10.2 Å². The van der Waals surface area contributed by atoms with Crippen LogP contribution in [-0.4, -0.2) is 65.0 Å². The molecule has 10 nitrogen and oxygen atoms in total. The third kappa shape index (κ3) is 6.36. The summed E-state index contributed by atoms with van der Waals surface area (Å²) in [6.07, 6.45) is -5.46. The first-order valence-corrected chi connectivity index (χ1v) is 12.8. The average Bonchev–Trinajstić information content (AvgIpc) is 2.99. The van der Waals surface area contributed by atoms with E-state index in [0.717, 1.165) is 4.90 Å². The monoisotopic (exact) mass is 546 g/mol. The molecule has 208 valence electrons. The number of likely N-dealkylation sites (tertiary alicyclic amines) is 1. The molecule has 2 N–H and O–H groups in total. The summed E-state index contributed by atoms with van der Waals surface area (Å²) in [5.41, 5.74) is 1.60. The number of hydrogen-bond acceptors (Lipinski definition) is 8. The Kier molecular flexibility index (Phi) is 9.26. The number of nitrogens with zero attached hydrogens (tertiary/aromatic N) is 1. The molecule has 40 heavy (non-hydrogen) atoms. The van der Waals surface area contributed by atoms with E-state index in [1.54, 1.807) is 85.8 Å². The lowest BCUT2D eigenvalue weighted by Gasteiger charge is -2.48. The number of amides is 2. The zero-order chi connectivity index (χ0) is 28.6. The number of ether oxygens (including phenoxy) is 3. The molecule has 1 saturated heterocycles. The van der Waals surface area contributed by atoms with Gasteiger partial charge in [-0.25, -0.2) is 9.59 Å². The van der Waals surface area contributed by atoms with Crippen LogP contribution in [0.2, 0.25) is 0 Å². The van der Waals surface area contributed by atoms with Crippen LogP contribution in [-0.2, 0) is 28.6 Å². The third-order valence-corrected chi connectivity index (χ3v) is 6.28. The van der Waals surface area contributed by atoms with Crippen LogP contribution in [0.3, 0.4) is 0 Å². The number of rotatable bonds is 11. The second-order valence-corrected chi connectivity index (χ2v) is 9.00. The fourth-order valence-electron chi connectivity index (χ4n) is 4.24. The highest BCUT2D eigenvalue weighted by molar-refractivity contribution is 6.00. The Balaban J connectivity index is 1.55. The van der Waals surface area contributed by atoms with Crippen LogP contribution in [0.4, 0.5) is 0 Å². The summed E-state index contributed by atoms with van der Waals surface area (Å²) in [5, 5.41) is 13.5. The van der Waals surface area contributed by atoms with Gasteiger partial charge in [0.25, 0.3) is 11.8 Å². The zero-order valence-electron chi connectivity index (χ0n) is 22.0. The topological polar surface area (TPSA) is 131 Å². The molecule has 1 fully saturated rings. The van der Waals surface area contributed by atoms with E-state index in [1.807, 2.05) is 12.1 Å². The van der Waals surface area contributed by atoms with Gasteiger partial charge in [0, 0.05) is 5.56 Å². The van der Waals surface area contributed by atoms with Gasteiger partial charge in [0.2, 0.25) is 6.23 Å². The van der Waals surface area contributed by atoms with Crippen LogP contribution >= 0.6 is 0 Å². The molecule has 4 rings (SSSR count). The lowest BCUT2D eigenvalue weighted by atomic mass is 10.0. The molecule has 1 aliphatic heterocycles. The summed E-state index contributed by atoms with van der Waals surface area (Å²) in [6.45, 7) is 3.13. The summed E-state index contributed by atoms with van der Waals surface area (Å²) in [4.78, 5) is 52.0. The maximum Gasteiger partial charge on any atom is 0.357 e. The van der Waals surface area contributed by atoms with Crippen molar-refractivity contribution in [2.24, 2.45) is 0 Å². The molecule has 0 aliphatic carbocycles. The van der Waals surface area contributed by atoms with E-state index in [0.29, 0.717) is 16.7 Å². The Morgan fingerprint density at radius 2 is 1.40 bits per heavy atom. The van der Waals surface area contributed by atoms with Crippen molar-refractivity contribution < 1.29 is 38.5 Å². The highest BCUT2D eigenvalue weighted by Crippen LogP contribution is 2.30. The van der Waals surface area contributed by atoms with E-state index in [2.05, 4.69) is 5.32 Å². The van der Waals surface area contributed by atoms with Crippen LogP contribution in [0.15, 0.2) is 91.0 Å². The Labute approximate surface area is 231 Å². The first-order valence-electron chi connectivity index (χ1n) is 12.8. The Hall–Kier alpha value is -4.54. The quantitative estimate of drug-likeness (QED) is 0.277. The molecular weight excluding hydrogens is 516 g/mol. The highest BCUT2D eigenvalue weighted by atomic mass is 16.6. The number of nitrogens with one attached hydrogen (secondary N) is 1. The second kappa shape index (κ2) is 13.0. The van der Waals surface area contributed by atoms with E-state index < -0.39 is 54.5 Å².